The summed E-state index contributed by atoms with van der Waals surface area (Å²) in [6.07, 6.45) is 3.51. The van der Waals surface area contributed by atoms with E-state index < -0.39 is 0 Å². The predicted molar refractivity (Wildman–Crippen MR) is 66.4 cm³/mol. The number of ether oxygens (including phenoxy) is 1. The number of aromatic nitrogens is 1. The number of hydrogen-bond donors (Lipinski definition) is 0. The highest BCUT2D eigenvalue weighted by atomic mass is 16.5. The van der Waals surface area contributed by atoms with Gasteiger partial charge in [0.05, 0.1) is 0 Å². The molecule has 1 amide bonds. The average Bonchev–Trinajstić information content (AvgIpc) is 2.34. The molecule has 0 aliphatic carbocycles. The molecular formula is C13H20N2O2. The summed E-state index contributed by atoms with van der Waals surface area (Å²) in [4.78, 5) is 17.8. The lowest BCUT2D eigenvalue weighted by Crippen LogP contribution is -2.38. The van der Waals surface area contributed by atoms with Gasteiger partial charge in [0, 0.05) is 31.6 Å². The third-order valence-corrected chi connectivity index (χ3v) is 2.45. The Morgan fingerprint density at radius 3 is 2.82 bits per heavy atom. The molecule has 0 aromatic carbocycles. The van der Waals surface area contributed by atoms with E-state index in [1.807, 2.05) is 32.9 Å². The van der Waals surface area contributed by atoms with Crippen LogP contribution < -0.4 is 0 Å². The molecule has 0 aliphatic rings. The van der Waals surface area contributed by atoms with Crippen molar-refractivity contribution in [3.8, 4) is 0 Å². The van der Waals surface area contributed by atoms with E-state index in [0.717, 1.165) is 5.56 Å². The zero-order chi connectivity index (χ0) is 12.7. The van der Waals surface area contributed by atoms with Crippen molar-refractivity contribution < 1.29 is 9.53 Å². The summed E-state index contributed by atoms with van der Waals surface area (Å²) in [6, 6.07) is 4.00. The normalized spacial score (nSPS) is 10.6. The molecule has 1 heterocycles. The molecule has 0 unspecified atom stereocenters. The van der Waals surface area contributed by atoms with Crippen molar-refractivity contribution in [1.29, 1.82) is 0 Å². The summed E-state index contributed by atoms with van der Waals surface area (Å²) in [6.45, 7) is 7.17. The summed E-state index contributed by atoms with van der Waals surface area (Å²) in [5.41, 5.74) is 1.03. The number of carbonyl (C=O) groups is 1. The van der Waals surface area contributed by atoms with Gasteiger partial charge < -0.3 is 9.64 Å². The maximum atomic E-state index is 11.9. The Morgan fingerprint density at radius 1 is 1.53 bits per heavy atom. The van der Waals surface area contributed by atoms with Crippen molar-refractivity contribution in [3.05, 3.63) is 30.1 Å². The fourth-order valence-electron chi connectivity index (χ4n) is 1.52. The van der Waals surface area contributed by atoms with Crippen molar-refractivity contribution in [1.82, 2.24) is 9.88 Å². The number of hydrogen-bond acceptors (Lipinski definition) is 3. The summed E-state index contributed by atoms with van der Waals surface area (Å²) in [7, 11) is 0. The van der Waals surface area contributed by atoms with Crippen LogP contribution in [0.1, 0.15) is 26.3 Å². The van der Waals surface area contributed by atoms with Gasteiger partial charge in [-0.25, -0.2) is 0 Å². The van der Waals surface area contributed by atoms with Crippen molar-refractivity contribution in [2.24, 2.45) is 0 Å². The first kappa shape index (κ1) is 13.6. The Morgan fingerprint density at radius 2 is 2.29 bits per heavy atom. The van der Waals surface area contributed by atoms with Crippen molar-refractivity contribution in [2.45, 2.75) is 33.4 Å². The molecule has 0 N–H and O–H groups in total. The van der Waals surface area contributed by atoms with Crippen LogP contribution in [-0.2, 0) is 16.1 Å². The highest BCUT2D eigenvalue weighted by Crippen LogP contribution is 2.07. The van der Waals surface area contributed by atoms with Crippen LogP contribution in [0.5, 0.6) is 0 Å². The van der Waals surface area contributed by atoms with Gasteiger partial charge in [-0.15, -0.1) is 0 Å². The van der Waals surface area contributed by atoms with Crippen LogP contribution in [-0.4, -0.2) is 35.0 Å². The number of amides is 1. The summed E-state index contributed by atoms with van der Waals surface area (Å²) in [5, 5.41) is 0. The van der Waals surface area contributed by atoms with Crippen LogP contribution in [0.4, 0.5) is 0 Å². The van der Waals surface area contributed by atoms with E-state index in [0.29, 0.717) is 13.2 Å². The van der Waals surface area contributed by atoms with Crippen LogP contribution in [0.3, 0.4) is 0 Å². The van der Waals surface area contributed by atoms with Crippen LogP contribution >= 0.6 is 0 Å². The second-order valence-electron chi connectivity index (χ2n) is 4.11. The molecule has 0 radical (unpaired) electrons. The predicted octanol–water partition coefficient (Wildman–Crippen LogP) is 1.86. The van der Waals surface area contributed by atoms with Crippen molar-refractivity contribution in [2.75, 3.05) is 13.2 Å². The molecule has 0 bridgehead atoms. The molecule has 0 atom stereocenters. The standard InChI is InChI=1S/C13H20N2O2/c1-4-17-10-13(16)15(11(2)3)9-12-6-5-7-14-8-12/h5-8,11H,4,9-10H2,1-3H3. The van der Waals surface area contributed by atoms with Crippen LogP contribution in [0.2, 0.25) is 0 Å². The van der Waals surface area contributed by atoms with E-state index >= 15 is 0 Å². The third kappa shape index (κ3) is 4.53. The Balaban J connectivity index is 2.63. The molecule has 0 saturated heterocycles. The maximum Gasteiger partial charge on any atom is 0.249 e. The van der Waals surface area contributed by atoms with E-state index in [4.69, 9.17) is 4.74 Å². The molecule has 0 fully saturated rings. The monoisotopic (exact) mass is 236 g/mol. The molecule has 1 aromatic rings. The lowest BCUT2D eigenvalue weighted by Gasteiger charge is -2.26. The van der Waals surface area contributed by atoms with Gasteiger partial charge in [0.2, 0.25) is 5.91 Å². The van der Waals surface area contributed by atoms with Crippen molar-refractivity contribution >= 4 is 5.91 Å². The van der Waals surface area contributed by atoms with E-state index in [1.54, 1.807) is 17.3 Å². The fourth-order valence-corrected chi connectivity index (χ4v) is 1.52. The van der Waals surface area contributed by atoms with E-state index in [9.17, 15) is 4.79 Å². The van der Waals surface area contributed by atoms with Gasteiger partial charge in [-0.3, -0.25) is 9.78 Å². The second kappa shape index (κ2) is 7.01. The summed E-state index contributed by atoms with van der Waals surface area (Å²) in [5.74, 6) is 0.0192. The van der Waals surface area contributed by atoms with Crippen molar-refractivity contribution in [3.63, 3.8) is 0 Å². The molecule has 94 valence electrons. The van der Waals surface area contributed by atoms with Crippen LogP contribution in [0.15, 0.2) is 24.5 Å². The highest BCUT2D eigenvalue weighted by Gasteiger charge is 2.17. The van der Waals surface area contributed by atoms with Gasteiger partial charge in [-0.2, -0.15) is 0 Å². The SMILES string of the molecule is CCOCC(=O)N(Cc1cccnc1)C(C)C. The zero-order valence-corrected chi connectivity index (χ0v) is 10.7. The maximum absolute atomic E-state index is 11.9. The summed E-state index contributed by atoms with van der Waals surface area (Å²) >= 11 is 0. The molecule has 0 aliphatic heterocycles. The Kier molecular flexibility index (Phi) is 5.63. The largest absolute Gasteiger partial charge is 0.372 e. The minimum Gasteiger partial charge on any atom is -0.372 e. The summed E-state index contributed by atoms with van der Waals surface area (Å²) < 4.78 is 5.16. The molecule has 4 heteroatoms. The quantitative estimate of drug-likeness (QED) is 0.757. The number of pyridine rings is 1. The number of nitrogens with zero attached hydrogens (tertiary/aromatic N) is 2. The molecule has 0 spiro atoms. The lowest BCUT2D eigenvalue weighted by molar-refractivity contribution is -0.138. The van der Waals surface area contributed by atoms with Crippen LogP contribution in [0, 0.1) is 0 Å². The Bertz CT molecular complexity index is 339. The Labute approximate surface area is 103 Å². The first-order chi connectivity index (χ1) is 8.15. The van der Waals surface area contributed by atoms with E-state index in [1.165, 1.54) is 0 Å². The lowest BCUT2D eigenvalue weighted by atomic mass is 10.2. The van der Waals surface area contributed by atoms with Gasteiger partial charge in [0.25, 0.3) is 0 Å². The molecular weight excluding hydrogens is 216 g/mol. The molecule has 1 aromatic heterocycles. The van der Waals surface area contributed by atoms with Gasteiger partial charge >= 0.3 is 0 Å². The first-order valence-electron chi connectivity index (χ1n) is 5.91. The molecule has 4 nitrogen and oxygen atoms in total. The van der Waals surface area contributed by atoms with Crippen LogP contribution in [0.25, 0.3) is 0 Å². The smallest absolute Gasteiger partial charge is 0.249 e. The van der Waals surface area contributed by atoms with Gasteiger partial charge in [0.15, 0.2) is 0 Å². The minimum atomic E-state index is 0.0192. The molecule has 0 saturated carbocycles. The van der Waals surface area contributed by atoms with Gasteiger partial charge in [0.1, 0.15) is 6.61 Å². The first-order valence-corrected chi connectivity index (χ1v) is 5.91. The average molecular weight is 236 g/mol. The zero-order valence-electron chi connectivity index (χ0n) is 10.7. The topological polar surface area (TPSA) is 42.4 Å². The van der Waals surface area contributed by atoms with Gasteiger partial charge in [-0.1, -0.05) is 6.07 Å². The Hall–Kier alpha value is -1.42. The van der Waals surface area contributed by atoms with Gasteiger partial charge in [-0.05, 0) is 32.4 Å². The number of rotatable bonds is 6. The second-order valence-corrected chi connectivity index (χ2v) is 4.11. The van der Waals surface area contributed by atoms with E-state index in [-0.39, 0.29) is 18.6 Å². The van der Waals surface area contributed by atoms with E-state index in [2.05, 4.69) is 4.98 Å². The molecule has 1 rings (SSSR count). The minimum absolute atomic E-state index is 0.0192. The number of carbonyl (C=O) groups excluding carboxylic acids is 1. The molecule has 17 heavy (non-hydrogen) atoms. The third-order valence-electron chi connectivity index (χ3n) is 2.45. The fraction of sp³-hybridized carbons (Fsp3) is 0.538. The highest BCUT2D eigenvalue weighted by molar-refractivity contribution is 5.77.